The molecule has 0 heterocycles. The fourth-order valence-corrected chi connectivity index (χ4v) is 0. The molecule has 0 saturated carbocycles. The predicted molar refractivity (Wildman–Crippen MR) is 12.7 cm³/mol. The average Bonchev–Trinajstić information content (AvgIpc) is 0. The third-order valence-corrected chi connectivity index (χ3v) is 0. The van der Waals surface area contributed by atoms with Crippen LogP contribution < -0.4 is 0 Å². The van der Waals surface area contributed by atoms with Gasteiger partial charge in [0.1, 0.15) is 0 Å². The Morgan fingerprint density at radius 3 is 0.333 bits per heavy atom. The SMILES string of the molecule is [3HH].[3HH].[3HH].[3HH].[3HH].[3HH].[Pt].[Pt].[Pt].[W].[W].[W].[W].[W].[W]. The molecule has 0 spiro atoms. The first-order valence-corrected chi connectivity index (χ1v) is 0. The standard InChI is InChI=1S/3Pt.6W.6H2/h;;;;;;;;;6*1H/i;;;;;;;;;6*1+2. The minimum Gasteiger partial charge on any atom is 0 e. The van der Waals surface area contributed by atoms with Crippen LogP contribution in [0.25, 0.3) is 0 Å². The third kappa shape index (κ3) is 55.0. The van der Waals surface area contributed by atoms with Crippen molar-refractivity contribution in [1.82, 2.24) is 0 Å². The summed E-state index contributed by atoms with van der Waals surface area (Å²) in [6, 6.07) is 0. The van der Waals surface area contributed by atoms with Crippen molar-refractivity contribution in [3.8, 4) is 0 Å². The molecular formula is H12Pt3W6. The Labute approximate surface area is 194 Å². The summed E-state index contributed by atoms with van der Waals surface area (Å²) in [5, 5.41) is 0. The molecule has 0 aromatic rings. The minimum atomic E-state index is 0. The van der Waals surface area contributed by atoms with Crippen LogP contribution in [-0.2, 0) is 190 Å². The quantitative estimate of drug-likeness (QED) is 0.346. The topological polar surface area (TPSA) is 0 Å². The smallest absolute Gasteiger partial charge is 0 e. The summed E-state index contributed by atoms with van der Waals surface area (Å²) in [5.41, 5.74) is 0. The van der Waals surface area contributed by atoms with Crippen molar-refractivity contribution < 1.29 is 198 Å². The van der Waals surface area contributed by atoms with Crippen molar-refractivity contribution in [2.75, 3.05) is 0 Å². The first kappa shape index (κ1) is 79.8. The monoisotopic (exact) mass is 1710 g/mol. The van der Waals surface area contributed by atoms with E-state index in [9.17, 15) is 0 Å². The Hall–Kier alpha value is 6.19. The molecule has 0 amide bonds. The van der Waals surface area contributed by atoms with Crippen LogP contribution in [0.4, 0.5) is 0 Å². The maximum Gasteiger partial charge on any atom is 0 e. The van der Waals surface area contributed by atoms with Crippen molar-refractivity contribution >= 4 is 0 Å². The van der Waals surface area contributed by atoms with Crippen LogP contribution >= 0.6 is 0 Å². The Balaban J connectivity index is 0. The fourth-order valence-electron chi connectivity index (χ4n) is 0. The Bertz CT molecular complexity index is 22.8. The maximum atomic E-state index is 0. The van der Waals surface area contributed by atoms with Gasteiger partial charge in [0.2, 0.25) is 0 Å². The number of rotatable bonds is 0. The molecule has 0 aliphatic heterocycles. The number of hydrogen-bond acceptors (Lipinski definition) is 0. The first-order valence-electron chi connectivity index (χ1n) is 0. The van der Waals surface area contributed by atoms with Gasteiger partial charge in [-0.3, -0.25) is 0 Å². The summed E-state index contributed by atoms with van der Waals surface area (Å²) in [7, 11) is 0. The van der Waals surface area contributed by atoms with E-state index in [4.69, 9.17) is 0 Å². The second-order valence-corrected chi connectivity index (χ2v) is 0. The zero-order valence-corrected chi connectivity index (χ0v) is 27.8. The van der Waals surface area contributed by atoms with Crippen LogP contribution in [0.15, 0.2) is 0 Å². The van der Waals surface area contributed by atoms with Crippen LogP contribution in [0.1, 0.15) is 8.56 Å². The van der Waals surface area contributed by atoms with Crippen molar-refractivity contribution in [2.24, 2.45) is 0 Å². The van der Waals surface area contributed by atoms with Gasteiger partial charge in [0.05, 0.1) is 0 Å². The molecule has 0 atom stereocenters. The minimum absolute atomic E-state index is 0. The van der Waals surface area contributed by atoms with Crippen LogP contribution in [0.3, 0.4) is 0 Å². The molecule has 0 aliphatic rings. The largest absolute Gasteiger partial charge is 0 e. The van der Waals surface area contributed by atoms with Crippen molar-refractivity contribution in [2.45, 2.75) is 0 Å². The molecule has 9 heteroatoms. The van der Waals surface area contributed by atoms with Crippen molar-refractivity contribution in [1.29, 1.82) is 0 Å². The van der Waals surface area contributed by atoms with E-state index in [1.54, 1.807) is 0 Å². The Morgan fingerprint density at radius 2 is 0.333 bits per heavy atom. The van der Waals surface area contributed by atoms with Gasteiger partial charge in [-0.2, -0.15) is 0 Å². The second-order valence-electron chi connectivity index (χ2n) is 0. The van der Waals surface area contributed by atoms with Crippen LogP contribution in [0.2, 0.25) is 0 Å². The van der Waals surface area contributed by atoms with E-state index >= 15 is 0 Å². The third-order valence-electron chi connectivity index (χ3n) is 0. The molecule has 0 bridgehead atoms. The van der Waals surface area contributed by atoms with Gasteiger partial charge in [0, 0.05) is 198 Å². The van der Waals surface area contributed by atoms with E-state index in [0.29, 0.717) is 0 Å². The van der Waals surface area contributed by atoms with Gasteiger partial charge in [-0.05, 0) is 0 Å². The van der Waals surface area contributed by atoms with Gasteiger partial charge in [-0.1, -0.05) is 0 Å². The van der Waals surface area contributed by atoms with E-state index in [1.807, 2.05) is 0 Å². The summed E-state index contributed by atoms with van der Waals surface area (Å²) in [6.07, 6.45) is 0. The van der Waals surface area contributed by atoms with Gasteiger partial charge in [-0.25, -0.2) is 0 Å². The van der Waals surface area contributed by atoms with Crippen molar-refractivity contribution in [3.05, 3.63) is 0 Å². The first-order chi connectivity index (χ1) is 0. The van der Waals surface area contributed by atoms with Crippen LogP contribution in [0, 0.1) is 0 Å². The molecule has 0 aromatic carbocycles. The molecule has 0 unspecified atom stereocenters. The molecule has 78 valence electrons. The Kier molecular flexibility index (Phi) is 571. The second kappa shape index (κ2) is 64.4. The zero-order valence-electron chi connectivity index (χ0n) is 3.40. The molecular weight excluding hydrogens is 1690 g/mol. The van der Waals surface area contributed by atoms with Gasteiger partial charge in [0.15, 0.2) is 0 Å². The summed E-state index contributed by atoms with van der Waals surface area (Å²) in [5.74, 6) is 0. The molecule has 0 radical (unpaired) electrons. The van der Waals surface area contributed by atoms with E-state index in [-0.39, 0.29) is 198 Å². The summed E-state index contributed by atoms with van der Waals surface area (Å²) in [4.78, 5) is 0. The summed E-state index contributed by atoms with van der Waals surface area (Å²) in [6.45, 7) is 0. The maximum absolute atomic E-state index is 0. The average molecular weight is 1710 g/mol. The van der Waals surface area contributed by atoms with Gasteiger partial charge >= 0.3 is 0 Å². The summed E-state index contributed by atoms with van der Waals surface area (Å²) >= 11 is 0. The van der Waals surface area contributed by atoms with E-state index in [1.165, 1.54) is 0 Å². The molecule has 0 aromatic heterocycles. The van der Waals surface area contributed by atoms with Crippen molar-refractivity contribution in [3.63, 3.8) is 0 Å². The molecule has 0 N–H and O–H groups in total. The van der Waals surface area contributed by atoms with Crippen LogP contribution in [-0.4, -0.2) is 0 Å². The number of hydrogen-bond donors (Lipinski definition) is 0. The van der Waals surface area contributed by atoms with Gasteiger partial charge in [-0.15, -0.1) is 0 Å². The van der Waals surface area contributed by atoms with Crippen LogP contribution in [0.5, 0.6) is 0 Å². The molecule has 9 heavy (non-hydrogen) atoms. The molecule has 0 rings (SSSR count). The van der Waals surface area contributed by atoms with E-state index < -0.39 is 0 Å². The zero-order chi connectivity index (χ0) is 0. The van der Waals surface area contributed by atoms with E-state index in [0.717, 1.165) is 0 Å². The molecule has 0 aliphatic carbocycles. The molecule has 0 saturated heterocycles. The summed E-state index contributed by atoms with van der Waals surface area (Å²) < 4.78 is 0. The normalized spacial score (nSPS) is 0. The fraction of sp³-hybridized carbons (Fsp3) is 0. The Morgan fingerprint density at radius 1 is 0.333 bits per heavy atom. The molecule has 0 fully saturated rings. The van der Waals surface area contributed by atoms with Gasteiger partial charge < -0.3 is 0 Å². The molecule has 0 nitrogen and oxygen atoms in total. The predicted octanol–water partition coefficient (Wildman–Crippen LogP) is 1.45. The van der Waals surface area contributed by atoms with E-state index in [2.05, 4.69) is 0 Å². The van der Waals surface area contributed by atoms with Gasteiger partial charge in [0.25, 0.3) is 0 Å².